The van der Waals surface area contributed by atoms with E-state index in [-0.39, 0.29) is 0 Å². The monoisotopic (exact) mass is 180 g/mol. The fourth-order valence-electron chi connectivity index (χ4n) is 1.29. The maximum absolute atomic E-state index is 6.05. The topological polar surface area (TPSA) is 13.1 Å². The summed E-state index contributed by atoms with van der Waals surface area (Å²) in [6, 6.07) is 4.04. The molecule has 0 bridgehead atoms. The molecule has 1 aromatic heterocycles. The molecule has 0 saturated heterocycles. The van der Waals surface area contributed by atoms with Gasteiger partial charge < -0.3 is 4.42 Å². The summed E-state index contributed by atoms with van der Waals surface area (Å²) in [5, 5.41) is 1.83. The first-order chi connectivity index (χ1) is 5.70. The SMILES string of the molecule is Cc1ccc2c(C)coc2c1Cl. The molecule has 0 aliphatic rings. The van der Waals surface area contributed by atoms with Crippen molar-refractivity contribution < 1.29 is 4.42 Å². The van der Waals surface area contributed by atoms with Crippen LogP contribution in [0.1, 0.15) is 11.1 Å². The molecule has 0 unspecified atom stereocenters. The van der Waals surface area contributed by atoms with Crippen molar-refractivity contribution in [2.45, 2.75) is 13.8 Å². The van der Waals surface area contributed by atoms with Crippen LogP contribution in [0.5, 0.6) is 0 Å². The van der Waals surface area contributed by atoms with Gasteiger partial charge in [-0.25, -0.2) is 0 Å². The lowest BCUT2D eigenvalue weighted by molar-refractivity contribution is 0.613. The van der Waals surface area contributed by atoms with Crippen LogP contribution >= 0.6 is 11.6 Å². The van der Waals surface area contributed by atoms with E-state index in [2.05, 4.69) is 0 Å². The number of hydrogen-bond acceptors (Lipinski definition) is 1. The zero-order valence-corrected chi connectivity index (χ0v) is 7.77. The standard InChI is InChI=1S/C10H9ClO/c1-6-3-4-8-7(2)5-12-10(8)9(6)11/h3-5H,1-2H3. The third-order valence-electron chi connectivity index (χ3n) is 2.07. The number of benzene rings is 1. The molecule has 0 spiro atoms. The van der Waals surface area contributed by atoms with Crippen molar-refractivity contribution in [3.8, 4) is 0 Å². The minimum absolute atomic E-state index is 0.723. The molecule has 0 radical (unpaired) electrons. The molecule has 0 fully saturated rings. The van der Waals surface area contributed by atoms with Crippen LogP contribution in [0.15, 0.2) is 22.8 Å². The lowest BCUT2D eigenvalue weighted by Crippen LogP contribution is -1.75. The quantitative estimate of drug-likeness (QED) is 0.603. The van der Waals surface area contributed by atoms with Crippen LogP contribution in [-0.4, -0.2) is 0 Å². The van der Waals surface area contributed by atoms with Gasteiger partial charge in [0.25, 0.3) is 0 Å². The van der Waals surface area contributed by atoms with Crippen molar-refractivity contribution in [1.82, 2.24) is 0 Å². The molecule has 0 aliphatic heterocycles. The molecule has 0 saturated carbocycles. The van der Waals surface area contributed by atoms with E-state index in [9.17, 15) is 0 Å². The Hall–Kier alpha value is -0.950. The summed E-state index contributed by atoms with van der Waals surface area (Å²) in [7, 11) is 0. The number of fused-ring (bicyclic) bond motifs is 1. The van der Waals surface area contributed by atoms with Gasteiger partial charge in [0.2, 0.25) is 0 Å². The van der Waals surface area contributed by atoms with Crippen LogP contribution in [0.2, 0.25) is 5.02 Å². The van der Waals surface area contributed by atoms with Crippen molar-refractivity contribution in [3.63, 3.8) is 0 Å². The molecule has 12 heavy (non-hydrogen) atoms. The summed E-state index contributed by atoms with van der Waals surface area (Å²) >= 11 is 6.05. The number of rotatable bonds is 0. The molecule has 62 valence electrons. The lowest BCUT2D eigenvalue weighted by atomic mass is 10.1. The maximum Gasteiger partial charge on any atom is 0.152 e. The lowest BCUT2D eigenvalue weighted by Gasteiger charge is -1.96. The summed E-state index contributed by atoms with van der Waals surface area (Å²) in [5.41, 5.74) is 2.99. The Morgan fingerprint density at radius 2 is 1.92 bits per heavy atom. The first-order valence-corrected chi connectivity index (χ1v) is 4.21. The Kier molecular flexibility index (Phi) is 1.62. The van der Waals surface area contributed by atoms with Crippen molar-refractivity contribution in [2.75, 3.05) is 0 Å². The number of furan rings is 1. The van der Waals surface area contributed by atoms with E-state index < -0.39 is 0 Å². The number of aryl methyl sites for hydroxylation is 2. The van der Waals surface area contributed by atoms with Crippen LogP contribution in [0.25, 0.3) is 11.0 Å². The smallest absolute Gasteiger partial charge is 0.152 e. The van der Waals surface area contributed by atoms with Gasteiger partial charge in [0.1, 0.15) is 0 Å². The van der Waals surface area contributed by atoms with Gasteiger partial charge >= 0.3 is 0 Å². The van der Waals surface area contributed by atoms with Crippen LogP contribution in [0, 0.1) is 13.8 Å². The second kappa shape index (κ2) is 2.53. The second-order valence-electron chi connectivity index (χ2n) is 2.99. The van der Waals surface area contributed by atoms with Gasteiger partial charge in [0.05, 0.1) is 11.3 Å². The van der Waals surface area contributed by atoms with Crippen molar-refractivity contribution in [3.05, 3.63) is 34.5 Å². The molecular weight excluding hydrogens is 172 g/mol. The highest BCUT2D eigenvalue weighted by atomic mass is 35.5. The van der Waals surface area contributed by atoms with Crippen LogP contribution < -0.4 is 0 Å². The van der Waals surface area contributed by atoms with Gasteiger partial charge in [0, 0.05) is 5.39 Å². The minimum atomic E-state index is 0.723. The van der Waals surface area contributed by atoms with Crippen molar-refractivity contribution in [1.29, 1.82) is 0 Å². The number of halogens is 1. The molecule has 0 amide bonds. The molecule has 1 aromatic carbocycles. The predicted molar refractivity (Wildman–Crippen MR) is 50.7 cm³/mol. The van der Waals surface area contributed by atoms with E-state index >= 15 is 0 Å². The van der Waals surface area contributed by atoms with E-state index in [0.29, 0.717) is 0 Å². The van der Waals surface area contributed by atoms with Crippen molar-refractivity contribution in [2.24, 2.45) is 0 Å². The van der Waals surface area contributed by atoms with Gasteiger partial charge in [-0.3, -0.25) is 0 Å². The molecule has 1 nitrogen and oxygen atoms in total. The molecule has 0 N–H and O–H groups in total. The van der Waals surface area contributed by atoms with Gasteiger partial charge in [-0.15, -0.1) is 0 Å². The first kappa shape index (κ1) is 7.69. The maximum atomic E-state index is 6.05. The average molecular weight is 181 g/mol. The predicted octanol–water partition coefficient (Wildman–Crippen LogP) is 3.70. The van der Waals surface area contributed by atoms with Crippen LogP contribution in [-0.2, 0) is 0 Å². The summed E-state index contributed by atoms with van der Waals surface area (Å²) < 4.78 is 5.33. The molecule has 2 aromatic rings. The van der Waals surface area contributed by atoms with E-state index in [4.69, 9.17) is 16.0 Å². The molecular formula is C10H9ClO. The fraction of sp³-hybridized carbons (Fsp3) is 0.200. The average Bonchev–Trinajstić information content (AvgIpc) is 2.41. The molecule has 0 atom stereocenters. The van der Waals surface area contributed by atoms with Crippen molar-refractivity contribution >= 4 is 22.6 Å². The normalized spacial score (nSPS) is 10.9. The fourth-order valence-corrected chi connectivity index (χ4v) is 1.50. The Morgan fingerprint density at radius 3 is 2.67 bits per heavy atom. The highest BCUT2D eigenvalue weighted by molar-refractivity contribution is 6.35. The highest BCUT2D eigenvalue weighted by Gasteiger charge is 2.07. The van der Waals surface area contributed by atoms with Crippen LogP contribution in [0.4, 0.5) is 0 Å². The first-order valence-electron chi connectivity index (χ1n) is 3.83. The van der Waals surface area contributed by atoms with E-state index in [1.165, 1.54) is 0 Å². The third-order valence-corrected chi connectivity index (χ3v) is 2.54. The Balaban J connectivity index is 2.93. The molecule has 2 heteroatoms. The molecule has 0 aliphatic carbocycles. The highest BCUT2D eigenvalue weighted by Crippen LogP contribution is 2.29. The Morgan fingerprint density at radius 1 is 1.17 bits per heavy atom. The van der Waals surface area contributed by atoms with Gasteiger partial charge in [-0.1, -0.05) is 23.7 Å². The van der Waals surface area contributed by atoms with Gasteiger partial charge in [-0.05, 0) is 25.0 Å². The van der Waals surface area contributed by atoms with Crippen LogP contribution in [0.3, 0.4) is 0 Å². The summed E-state index contributed by atoms with van der Waals surface area (Å²) in [5.74, 6) is 0. The summed E-state index contributed by atoms with van der Waals surface area (Å²) in [4.78, 5) is 0. The Bertz CT molecular complexity index is 429. The molecule has 2 rings (SSSR count). The van der Waals surface area contributed by atoms with E-state index in [0.717, 1.165) is 27.1 Å². The van der Waals surface area contributed by atoms with Gasteiger partial charge in [0.15, 0.2) is 5.58 Å². The Labute approximate surface area is 75.9 Å². The summed E-state index contributed by atoms with van der Waals surface area (Å²) in [6.07, 6.45) is 1.73. The summed E-state index contributed by atoms with van der Waals surface area (Å²) in [6.45, 7) is 3.98. The van der Waals surface area contributed by atoms with E-state index in [1.54, 1.807) is 6.26 Å². The number of hydrogen-bond donors (Lipinski definition) is 0. The van der Waals surface area contributed by atoms with E-state index in [1.807, 2.05) is 26.0 Å². The minimum Gasteiger partial charge on any atom is -0.462 e. The van der Waals surface area contributed by atoms with Gasteiger partial charge in [-0.2, -0.15) is 0 Å². The zero-order chi connectivity index (χ0) is 8.72. The third kappa shape index (κ3) is 0.935. The second-order valence-corrected chi connectivity index (χ2v) is 3.37. The zero-order valence-electron chi connectivity index (χ0n) is 7.02. The molecule has 1 heterocycles. The largest absolute Gasteiger partial charge is 0.462 e.